The number of rotatable bonds is 5. The van der Waals surface area contributed by atoms with Crippen molar-refractivity contribution in [2.24, 2.45) is 0 Å². The molecule has 0 aliphatic rings. The largest absolute Gasteiger partial charge is 0.465 e. The van der Waals surface area contributed by atoms with E-state index in [1.807, 2.05) is 0 Å². The molecule has 0 amide bonds. The molecule has 0 radical (unpaired) electrons. The summed E-state index contributed by atoms with van der Waals surface area (Å²) in [5.41, 5.74) is 0.942. The lowest BCUT2D eigenvalue weighted by atomic mass is 10.1. The summed E-state index contributed by atoms with van der Waals surface area (Å²) in [5.74, 6) is -0.451. The standard InChI is InChI=1S/C12H15Cl2NO2/c1-3-4-5-15-11-9(12(16)17-2)6-8(13)7-10(11)14/h6-7,15H,3-5H2,1-2H3. The third kappa shape index (κ3) is 3.79. The average molecular weight is 276 g/mol. The van der Waals surface area contributed by atoms with Crippen LogP contribution in [0.4, 0.5) is 5.69 Å². The van der Waals surface area contributed by atoms with Crippen molar-refractivity contribution in [1.82, 2.24) is 0 Å². The lowest BCUT2D eigenvalue weighted by Crippen LogP contribution is -2.10. The molecule has 0 fully saturated rings. The van der Waals surface area contributed by atoms with Gasteiger partial charge in [0.05, 0.1) is 23.4 Å². The number of ether oxygens (including phenoxy) is 1. The summed E-state index contributed by atoms with van der Waals surface area (Å²) >= 11 is 11.9. The number of unbranched alkanes of at least 4 members (excludes halogenated alkanes) is 1. The maximum absolute atomic E-state index is 11.6. The van der Waals surface area contributed by atoms with Crippen molar-refractivity contribution in [2.45, 2.75) is 19.8 Å². The monoisotopic (exact) mass is 275 g/mol. The van der Waals surface area contributed by atoms with Gasteiger partial charge in [0.2, 0.25) is 0 Å². The van der Waals surface area contributed by atoms with Crippen LogP contribution in [0.25, 0.3) is 0 Å². The molecule has 0 saturated heterocycles. The van der Waals surface area contributed by atoms with Crippen LogP contribution in [-0.2, 0) is 4.74 Å². The number of halogens is 2. The first-order chi connectivity index (χ1) is 8.10. The van der Waals surface area contributed by atoms with Crippen molar-refractivity contribution < 1.29 is 9.53 Å². The minimum absolute atomic E-state index is 0.362. The van der Waals surface area contributed by atoms with Crippen molar-refractivity contribution in [3.63, 3.8) is 0 Å². The molecule has 0 aromatic heterocycles. The average Bonchev–Trinajstić information content (AvgIpc) is 2.30. The van der Waals surface area contributed by atoms with Crippen LogP contribution in [0.1, 0.15) is 30.1 Å². The number of carbonyl (C=O) groups excluding carboxylic acids is 1. The van der Waals surface area contributed by atoms with Crippen molar-refractivity contribution in [2.75, 3.05) is 19.0 Å². The van der Waals surface area contributed by atoms with Crippen LogP contribution in [0.3, 0.4) is 0 Å². The van der Waals surface area contributed by atoms with Gasteiger partial charge in [-0.2, -0.15) is 0 Å². The van der Waals surface area contributed by atoms with Gasteiger partial charge in [-0.3, -0.25) is 0 Å². The Balaban J connectivity index is 3.03. The summed E-state index contributed by atoms with van der Waals surface area (Å²) in [6.45, 7) is 2.84. The smallest absolute Gasteiger partial charge is 0.340 e. The van der Waals surface area contributed by atoms with Crippen molar-refractivity contribution >= 4 is 34.9 Å². The van der Waals surface area contributed by atoms with Crippen LogP contribution in [0.5, 0.6) is 0 Å². The highest BCUT2D eigenvalue weighted by atomic mass is 35.5. The molecule has 0 atom stereocenters. The van der Waals surface area contributed by atoms with Crippen LogP contribution < -0.4 is 5.32 Å². The Hall–Kier alpha value is -0.930. The Labute approximate surface area is 111 Å². The van der Waals surface area contributed by atoms with Gasteiger partial charge < -0.3 is 10.1 Å². The lowest BCUT2D eigenvalue weighted by Gasteiger charge is -2.12. The van der Waals surface area contributed by atoms with Gasteiger partial charge in [0.1, 0.15) is 0 Å². The van der Waals surface area contributed by atoms with E-state index < -0.39 is 5.97 Å². The van der Waals surface area contributed by atoms with Gasteiger partial charge in [-0.05, 0) is 18.6 Å². The summed E-state index contributed by atoms with van der Waals surface area (Å²) in [5, 5.41) is 3.97. The second-order valence-electron chi connectivity index (χ2n) is 3.58. The number of benzene rings is 1. The molecule has 0 spiro atoms. The fourth-order valence-corrected chi connectivity index (χ4v) is 1.97. The maximum atomic E-state index is 11.6. The van der Waals surface area contributed by atoms with Gasteiger partial charge in [-0.1, -0.05) is 36.5 Å². The highest BCUT2D eigenvalue weighted by Crippen LogP contribution is 2.30. The Kier molecular flexibility index (Phi) is 5.59. The number of nitrogens with one attached hydrogen (secondary N) is 1. The molecule has 0 bridgehead atoms. The molecule has 0 saturated carbocycles. The highest BCUT2D eigenvalue weighted by molar-refractivity contribution is 6.37. The lowest BCUT2D eigenvalue weighted by molar-refractivity contribution is 0.0602. The Morgan fingerprint density at radius 1 is 1.41 bits per heavy atom. The number of hydrogen-bond donors (Lipinski definition) is 1. The predicted octanol–water partition coefficient (Wildman–Crippen LogP) is 3.99. The quantitative estimate of drug-likeness (QED) is 0.652. The summed E-state index contributed by atoms with van der Waals surface area (Å²) in [6.07, 6.45) is 2.06. The summed E-state index contributed by atoms with van der Waals surface area (Å²) in [4.78, 5) is 11.6. The number of carbonyl (C=O) groups is 1. The summed E-state index contributed by atoms with van der Waals surface area (Å²) < 4.78 is 4.70. The van der Waals surface area contributed by atoms with Gasteiger partial charge in [0, 0.05) is 11.6 Å². The third-order valence-corrected chi connectivity index (χ3v) is 2.81. The van der Waals surface area contributed by atoms with E-state index in [0.29, 0.717) is 21.3 Å². The van der Waals surface area contributed by atoms with E-state index >= 15 is 0 Å². The molecule has 5 heteroatoms. The van der Waals surface area contributed by atoms with E-state index in [1.165, 1.54) is 7.11 Å². The first-order valence-corrected chi connectivity index (χ1v) is 6.17. The highest BCUT2D eigenvalue weighted by Gasteiger charge is 2.15. The summed E-state index contributed by atoms with van der Waals surface area (Å²) in [6, 6.07) is 3.15. The molecule has 1 aromatic rings. The molecule has 17 heavy (non-hydrogen) atoms. The third-order valence-electron chi connectivity index (χ3n) is 2.29. The first-order valence-electron chi connectivity index (χ1n) is 5.41. The zero-order valence-corrected chi connectivity index (χ0v) is 11.4. The number of anilines is 1. The molecular weight excluding hydrogens is 261 g/mol. The second-order valence-corrected chi connectivity index (χ2v) is 4.43. The van der Waals surface area contributed by atoms with Gasteiger partial charge in [0.15, 0.2) is 0 Å². The second kappa shape index (κ2) is 6.72. The molecule has 1 rings (SSSR count). The molecule has 1 N–H and O–H groups in total. The van der Waals surface area contributed by atoms with Crippen molar-refractivity contribution in [1.29, 1.82) is 0 Å². The Morgan fingerprint density at radius 2 is 2.12 bits per heavy atom. The molecule has 0 aliphatic carbocycles. The van der Waals surface area contributed by atoms with Crippen molar-refractivity contribution in [3.8, 4) is 0 Å². The maximum Gasteiger partial charge on any atom is 0.340 e. The van der Waals surface area contributed by atoms with Crippen LogP contribution >= 0.6 is 23.2 Å². The van der Waals surface area contributed by atoms with E-state index in [1.54, 1.807) is 12.1 Å². The van der Waals surface area contributed by atoms with Gasteiger partial charge >= 0.3 is 5.97 Å². The van der Waals surface area contributed by atoms with E-state index in [0.717, 1.165) is 19.4 Å². The van der Waals surface area contributed by atoms with Crippen LogP contribution in [0, 0.1) is 0 Å². The molecule has 0 unspecified atom stereocenters. The number of esters is 1. The zero-order chi connectivity index (χ0) is 12.8. The van der Waals surface area contributed by atoms with E-state index in [4.69, 9.17) is 27.9 Å². The molecule has 0 aliphatic heterocycles. The number of hydrogen-bond acceptors (Lipinski definition) is 3. The molecule has 0 heterocycles. The zero-order valence-electron chi connectivity index (χ0n) is 9.85. The molecular formula is C12H15Cl2NO2. The van der Waals surface area contributed by atoms with E-state index in [2.05, 4.69) is 12.2 Å². The topological polar surface area (TPSA) is 38.3 Å². The van der Waals surface area contributed by atoms with Crippen LogP contribution in [-0.4, -0.2) is 19.6 Å². The van der Waals surface area contributed by atoms with Crippen LogP contribution in [0.2, 0.25) is 10.0 Å². The van der Waals surface area contributed by atoms with Crippen molar-refractivity contribution in [3.05, 3.63) is 27.7 Å². The van der Waals surface area contributed by atoms with E-state index in [9.17, 15) is 4.79 Å². The number of methoxy groups -OCH3 is 1. The van der Waals surface area contributed by atoms with Crippen LogP contribution in [0.15, 0.2) is 12.1 Å². The molecule has 1 aromatic carbocycles. The molecule has 94 valence electrons. The summed E-state index contributed by atoms with van der Waals surface area (Å²) in [7, 11) is 1.33. The van der Waals surface area contributed by atoms with Gasteiger partial charge in [-0.25, -0.2) is 4.79 Å². The Morgan fingerprint density at radius 3 is 2.71 bits per heavy atom. The fourth-order valence-electron chi connectivity index (χ4n) is 1.41. The predicted molar refractivity (Wildman–Crippen MR) is 71.2 cm³/mol. The van der Waals surface area contributed by atoms with Gasteiger partial charge in [0.25, 0.3) is 0 Å². The minimum Gasteiger partial charge on any atom is -0.465 e. The minimum atomic E-state index is -0.451. The normalized spacial score (nSPS) is 10.1. The first kappa shape index (κ1) is 14.1. The molecule has 3 nitrogen and oxygen atoms in total. The Bertz CT molecular complexity index is 408. The van der Waals surface area contributed by atoms with E-state index in [-0.39, 0.29) is 0 Å². The van der Waals surface area contributed by atoms with Gasteiger partial charge in [-0.15, -0.1) is 0 Å². The fraction of sp³-hybridized carbons (Fsp3) is 0.417. The SMILES string of the molecule is CCCCNc1c(Cl)cc(Cl)cc1C(=O)OC.